The molecule has 25 heavy (non-hydrogen) atoms. The van der Waals surface area contributed by atoms with E-state index >= 15 is 0 Å². The molecular weight excluding hydrogens is 374 g/mol. The number of hydrogen-bond donors (Lipinski definition) is 1. The SMILES string of the molecule is Cc1csc(NC(=O)CSc2nnc(Cc3cccs3)n2C2CC2)n1. The first-order valence-electron chi connectivity index (χ1n) is 8.00. The summed E-state index contributed by atoms with van der Waals surface area (Å²) in [6.45, 7) is 1.91. The first-order chi connectivity index (χ1) is 12.2. The summed E-state index contributed by atoms with van der Waals surface area (Å²) in [6, 6.07) is 4.66. The van der Waals surface area contributed by atoms with Gasteiger partial charge in [-0.15, -0.1) is 32.9 Å². The zero-order chi connectivity index (χ0) is 17.2. The lowest BCUT2D eigenvalue weighted by molar-refractivity contribution is -0.113. The molecule has 1 aliphatic rings. The van der Waals surface area contributed by atoms with E-state index in [4.69, 9.17) is 0 Å². The lowest BCUT2D eigenvalue weighted by Gasteiger charge is -2.08. The Morgan fingerprint density at radius 1 is 1.40 bits per heavy atom. The van der Waals surface area contributed by atoms with Gasteiger partial charge in [0.15, 0.2) is 10.3 Å². The van der Waals surface area contributed by atoms with Crippen molar-refractivity contribution in [3.05, 3.63) is 39.3 Å². The summed E-state index contributed by atoms with van der Waals surface area (Å²) in [7, 11) is 0. The van der Waals surface area contributed by atoms with Crippen molar-refractivity contribution in [2.75, 3.05) is 11.1 Å². The van der Waals surface area contributed by atoms with Crippen LogP contribution in [0.3, 0.4) is 0 Å². The molecule has 1 saturated carbocycles. The summed E-state index contributed by atoms with van der Waals surface area (Å²) in [5.74, 6) is 1.23. The highest BCUT2D eigenvalue weighted by Gasteiger charge is 2.30. The van der Waals surface area contributed by atoms with Gasteiger partial charge in [-0.25, -0.2) is 4.98 Å². The lowest BCUT2D eigenvalue weighted by Crippen LogP contribution is -2.14. The molecule has 0 aliphatic heterocycles. The lowest BCUT2D eigenvalue weighted by atomic mass is 10.3. The van der Waals surface area contributed by atoms with Crippen LogP contribution in [0.2, 0.25) is 0 Å². The predicted octanol–water partition coefficient (Wildman–Crippen LogP) is 3.76. The van der Waals surface area contributed by atoms with Gasteiger partial charge < -0.3 is 9.88 Å². The molecule has 6 nitrogen and oxygen atoms in total. The number of thiazole rings is 1. The molecule has 3 aromatic rings. The monoisotopic (exact) mass is 391 g/mol. The van der Waals surface area contributed by atoms with Crippen molar-refractivity contribution in [1.82, 2.24) is 19.7 Å². The normalized spacial score (nSPS) is 14.0. The van der Waals surface area contributed by atoms with Crippen LogP contribution in [0.25, 0.3) is 0 Å². The third-order valence-corrected chi connectivity index (χ3v) is 6.45. The van der Waals surface area contributed by atoms with Gasteiger partial charge in [-0.2, -0.15) is 0 Å². The van der Waals surface area contributed by atoms with Crippen molar-refractivity contribution in [2.24, 2.45) is 0 Å². The number of thiophene rings is 1. The molecule has 1 amide bonds. The zero-order valence-corrected chi connectivity index (χ0v) is 16.1. The highest BCUT2D eigenvalue weighted by molar-refractivity contribution is 7.99. The fourth-order valence-corrected chi connectivity index (χ4v) is 4.72. The van der Waals surface area contributed by atoms with E-state index in [-0.39, 0.29) is 5.91 Å². The Kier molecular flexibility index (Phi) is 4.87. The predicted molar refractivity (Wildman–Crippen MR) is 102 cm³/mol. The number of carbonyl (C=O) groups excluding carboxylic acids is 1. The number of anilines is 1. The van der Waals surface area contributed by atoms with Crippen LogP contribution in [0.5, 0.6) is 0 Å². The summed E-state index contributed by atoms with van der Waals surface area (Å²) < 4.78 is 2.21. The van der Waals surface area contributed by atoms with E-state index in [1.165, 1.54) is 28.0 Å². The van der Waals surface area contributed by atoms with E-state index in [0.29, 0.717) is 16.9 Å². The molecule has 1 aliphatic carbocycles. The molecule has 9 heteroatoms. The van der Waals surface area contributed by atoms with E-state index < -0.39 is 0 Å². The maximum Gasteiger partial charge on any atom is 0.236 e. The van der Waals surface area contributed by atoms with Crippen molar-refractivity contribution in [2.45, 2.75) is 37.4 Å². The highest BCUT2D eigenvalue weighted by atomic mass is 32.2. The van der Waals surface area contributed by atoms with Gasteiger partial charge in [0.25, 0.3) is 0 Å². The van der Waals surface area contributed by atoms with Crippen molar-refractivity contribution in [3.8, 4) is 0 Å². The average molecular weight is 392 g/mol. The Balaban J connectivity index is 1.41. The fourth-order valence-electron chi connectivity index (χ4n) is 2.49. The smallest absolute Gasteiger partial charge is 0.236 e. The number of carbonyl (C=O) groups is 1. The van der Waals surface area contributed by atoms with Crippen molar-refractivity contribution in [3.63, 3.8) is 0 Å². The minimum Gasteiger partial charge on any atom is -0.303 e. The minimum absolute atomic E-state index is 0.0653. The van der Waals surface area contributed by atoms with Gasteiger partial charge in [-0.1, -0.05) is 17.8 Å². The third-order valence-electron chi connectivity index (χ3n) is 3.76. The van der Waals surface area contributed by atoms with E-state index in [2.05, 4.69) is 42.6 Å². The van der Waals surface area contributed by atoms with Crippen LogP contribution in [0.15, 0.2) is 28.0 Å². The Bertz CT molecular complexity index is 866. The quantitative estimate of drug-likeness (QED) is 0.621. The standard InChI is InChI=1S/C16H17N5OS3/c1-10-8-24-15(17-10)18-14(22)9-25-16-20-19-13(21(16)11-4-5-11)7-12-3-2-6-23-12/h2-3,6,8,11H,4-5,7,9H2,1H3,(H,17,18,22). The molecule has 1 fully saturated rings. The molecule has 0 spiro atoms. The molecule has 0 saturated heterocycles. The molecular formula is C16H17N5OS3. The van der Waals surface area contributed by atoms with E-state index in [0.717, 1.165) is 35.9 Å². The number of nitrogens with zero attached hydrogens (tertiary/aromatic N) is 4. The van der Waals surface area contributed by atoms with Crippen LogP contribution in [-0.4, -0.2) is 31.4 Å². The Morgan fingerprint density at radius 2 is 2.28 bits per heavy atom. The van der Waals surface area contributed by atoms with Gasteiger partial charge in [0.1, 0.15) is 5.82 Å². The fraction of sp³-hybridized carbons (Fsp3) is 0.375. The number of nitrogens with one attached hydrogen (secondary N) is 1. The third kappa shape index (κ3) is 4.10. The number of aryl methyl sites for hydroxylation is 1. The maximum absolute atomic E-state index is 12.1. The average Bonchev–Trinajstić information content (AvgIpc) is 2.97. The molecule has 0 aromatic carbocycles. The second-order valence-corrected chi connectivity index (χ2v) is 8.72. The van der Waals surface area contributed by atoms with Crippen LogP contribution < -0.4 is 5.32 Å². The van der Waals surface area contributed by atoms with Crippen LogP contribution in [-0.2, 0) is 11.2 Å². The molecule has 0 atom stereocenters. The van der Waals surface area contributed by atoms with Gasteiger partial charge in [-0.3, -0.25) is 4.79 Å². The zero-order valence-electron chi connectivity index (χ0n) is 13.6. The first kappa shape index (κ1) is 16.7. The second kappa shape index (κ2) is 7.27. The van der Waals surface area contributed by atoms with Crippen LogP contribution in [0.1, 0.15) is 35.3 Å². The molecule has 0 bridgehead atoms. The van der Waals surface area contributed by atoms with Gasteiger partial charge >= 0.3 is 0 Å². The van der Waals surface area contributed by atoms with Gasteiger partial charge in [0.05, 0.1) is 11.4 Å². The number of thioether (sulfide) groups is 1. The molecule has 130 valence electrons. The summed E-state index contributed by atoms with van der Waals surface area (Å²) in [5, 5.41) is 17.0. The Morgan fingerprint density at radius 3 is 2.96 bits per heavy atom. The molecule has 0 radical (unpaired) electrons. The highest BCUT2D eigenvalue weighted by Crippen LogP contribution is 2.39. The molecule has 3 heterocycles. The van der Waals surface area contributed by atoms with Gasteiger partial charge in [0.2, 0.25) is 5.91 Å². The maximum atomic E-state index is 12.1. The molecule has 0 unspecified atom stereocenters. The van der Waals surface area contributed by atoms with Crippen molar-refractivity contribution in [1.29, 1.82) is 0 Å². The van der Waals surface area contributed by atoms with Gasteiger partial charge in [-0.05, 0) is 31.2 Å². The molecule has 3 aromatic heterocycles. The van der Waals surface area contributed by atoms with E-state index in [1.54, 1.807) is 11.3 Å². The van der Waals surface area contributed by atoms with Crippen LogP contribution >= 0.6 is 34.4 Å². The number of rotatable bonds is 7. The number of aromatic nitrogens is 4. The Hall–Kier alpha value is -1.71. The number of amides is 1. The summed E-state index contributed by atoms with van der Waals surface area (Å²) >= 11 is 4.61. The van der Waals surface area contributed by atoms with E-state index in [1.807, 2.05) is 12.3 Å². The number of hydrogen-bond acceptors (Lipinski definition) is 7. The van der Waals surface area contributed by atoms with Crippen molar-refractivity contribution < 1.29 is 4.79 Å². The largest absolute Gasteiger partial charge is 0.303 e. The van der Waals surface area contributed by atoms with Crippen molar-refractivity contribution >= 4 is 45.5 Å². The van der Waals surface area contributed by atoms with E-state index in [9.17, 15) is 4.79 Å². The summed E-state index contributed by atoms with van der Waals surface area (Å²) in [4.78, 5) is 17.7. The first-order valence-corrected chi connectivity index (χ1v) is 10.7. The minimum atomic E-state index is -0.0653. The summed E-state index contributed by atoms with van der Waals surface area (Å²) in [6.07, 6.45) is 3.12. The second-order valence-electron chi connectivity index (χ2n) is 5.89. The van der Waals surface area contributed by atoms with Crippen LogP contribution in [0, 0.1) is 6.92 Å². The topological polar surface area (TPSA) is 72.7 Å². The summed E-state index contributed by atoms with van der Waals surface area (Å²) in [5.41, 5.74) is 0.916. The van der Waals surface area contributed by atoms with Crippen LogP contribution in [0.4, 0.5) is 5.13 Å². The van der Waals surface area contributed by atoms with Gasteiger partial charge in [0, 0.05) is 22.7 Å². The molecule has 4 rings (SSSR count). The Labute approximate surface area is 157 Å². The molecule has 1 N–H and O–H groups in total.